The van der Waals surface area contributed by atoms with Gasteiger partial charge in [0, 0.05) is 25.7 Å². The van der Waals surface area contributed by atoms with Crippen molar-refractivity contribution in [3.8, 4) is 11.4 Å². The van der Waals surface area contributed by atoms with E-state index >= 15 is 0 Å². The lowest BCUT2D eigenvalue weighted by Gasteiger charge is -2.30. The second-order valence-corrected chi connectivity index (χ2v) is 8.08. The van der Waals surface area contributed by atoms with Gasteiger partial charge in [-0.15, -0.1) is 10.2 Å². The number of carbonyl (C=O) groups is 1. The van der Waals surface area contributed by atoms with E-state index in [0.717, 1.165) is 29.5 Å². The molecule has 0 spiro atoms. The zero-order valence-electron chi connectivity index (χ0n) is 15.5. The number of hydrogen-bond donors (Lipinski definition) is 0. The molecule has 2 heterocycles. The van der Waals surface area contributed by atoms with Crippen LogP contribution in [0.1, 0.15) is 18.1 Å². The minimum Gasteiger partial charge on any atom is -0.337 e. The summed E-state index contributed by atoms with van der Waals surface area (Å²) in [4.78, 5) is 14.9. The lowest BCUT2D eigenvalue weighted by atomic mass is 10.00. The molecule has 0 fully saturated rings. The standard InChI is InChI=1S/C21H22N4OS/c1-15(20(26)25-13-12-16-8-6-7-11-18(16)14-25)27-21-23-22-19(24(21)2)17-9-4-3-5-10-17/h3-11,15H,12-14H2,1-2H3/t15-/m1/s1. The van der Waals surface area contributed by atoms with Gasteiger partial charge in [-0.25, -0.2) is 0 Å². The van der Waals surface area contributed by atoms with E-state index in [1.165, 1.54) is 22.9 Å². The molecular formula is C21H22N4OS. The molecule has 1 atom stereocenters. The van der Waals surface area contributed by atoms with E-state index in [-0.39, 0.29) is 11.2 Å². The number of nitrogens with zero attached hydrogens (tertiary/aromatic N) is 4. The summed E-state index contributed by atoms with van der Waals surface area (Å²) in [6, 6.07) is 18.3. The van der Waals surface area contributed by atoms with Crippen molar-refractivity contribution in [2.45, 2.75) is 30.3 Å². The smallest absolute Gasteiger partial charge is 0.236 e. The maximum Gasteiger partial charge on any atom is 0.236 e. The van der Waals surface area contributed by atoms with E-state index in [4.69, 9.17) is 0 Å². The van der Waals surface area contributed by atoms with Crippen LogP contribution >= 0.6 is 11.8 Å². The normalized spacial score (nSPS) is 14.7. The first kappa shape index (κ1) is 17.8. The molecule has 1 amide bonds. The molecule has 5 nitrogen and oxygen atoms in total. The molecule has 0 radical (unpaired) electrons. The van der Waals surface area contributed by atoms with Crippen molar-refractivity contribution in [3.05, 3.63) is 65.7 Å². The van der Waals surface area contributed by atoms with Crippen molar-refractivity contribution in [1.29, 1.82) is 0 Å². The summed E-state index contributed by atoms with van der Waals surface area (Å²) in [5, 5.41) is 9.16. The molecule has 0 saturated carbocycles. The van der Waals surface area contributed by atoms with Gasteiger partial charge in [0.1, 0.15) is 0 Å². The number of fused-ring (bicyclic) bond motifs is 1. The Labute approximate surface area is 163 Å². The fourth-order valence-corrected chi connectivity index (χ4v) is 4.30. The van der Waals surface area contributed by atoms with Crippen LogP contribution in [0.25, 0.3) is 11.4 Å². The van der Waals surface area contributed by atoms with Crippen LogP contribution in [-0.2, 0) is 24.8 Å². The first-order valence-corrected chi connectivity index (χ1v) is 9.98. The summed E-state index contributed by atoms with van der Waals surface area (Å²) < 4.78 is 1.95. The molecule has 1 aromatic heterocycles. The first-order chi connectivity index (χ1) is 13.1. The molecule has 0 N–H and O–H groups in total. The summed E-state index contributed by atoms with van der Waals surface area (Å²) in [6.45, 7) is 3.41. The first-order valence-electron chi connectivity index (χ1n) is 9.10. The lowest BCUT2D eigenvalue weighted by Crippen LogP contribution is -2.40. The van der Waals surface area contributed by atoms with E-state index in [9.17, 15) is 4.79 Å². The van der Waals surface area contributed by atoms with Crippen LogP contribution in [-0.4, -0.2) is 37.4 Å². The molecule has 0 bridgehead atoms. The highest BCUT2D eigenvalue weighted by atomic mass is 32.2. The second kappa shape index (κ2) is 7.56. The van der Waals surface area contributed by atoms with Gasteiger partial charge in [0.15, 0.2) is 11.0 Å². The van der Waals surface area contributed by atoms with Crippen molar-refractivity contribution in [1.82, 2.24) is 19.7 Å². The molecule has 27 heavy (non-hydrogen) atoms. The monoisotopic (exact) mass is 378 g/mol. The van der Waals surface area contributed by atoms with E-state index < -0.39 is 0 Å². The number of amides is 1. The Balaban J connectivity index is 1.46. The third-order valence-corrected chi connectivity index (χ3v) is 6.06. The topological polar surface area (TPSA) is 51.0 Å². The average Bonchev–Trinajstić information content (AvgIpc) is 3.08. The highest BCUT2D eigenvalue weighted by Crippen LogP contribution is 2.28. The number of carbonyl (C=O) groups excluding carboxylic acids is 1. The Bertz CT molecular complexity index is 954. The Morgan fingerprint density at radius 2 is 1.74 bits per heavy atom. The third kappa shape index (κ3) is 3.62. The van der Waals surface area contributed by atoms with Crippen molar-refractivity contribution < 1.29 is 4.79 Å². The minimum absolute atomic E-state index is 0.152. The molecule has 0 unspecified atom stereocenters. The van der Waals surface area contributed by atoms with Crippen LogP contribution in [0, 0.1) is 0 Å². The predicted molar refractivity (Wildman–Crippen MR) is 107 cm³/mol. The van der Waals surface area contributed by atoms with Gasteiger partial charge in [-0.3, -0.25) is 4.79 Å². The Morgan fingerprint density at radius 3 is 2.52 bits per heavy atom. The largest absolute Gasteiger partial charge is 0.337 e. The molecule has 2 aromatic carbocycles. The van der Waals surface area contributed by atoms with Gasteiger partial charge in [0.2, 0.25) is 5.91 Å². The Morgan fingerprint density at radius 1 is 1.04 bits per heavy atom. The van der Waals surface area contributed by atoms with Crippen LogP contribution in [0.15, 0.2) is 59.8 Å². The molecule has 0 aliphatic carbocycles. The van der Waals surface area contributed by atoms with Gasteiger partial charge >= 0.3 is 0 Å². The van der Waals surface area contributed by atoms with Gasteiger partial charge in [-0.2, -0.15) is 0 Å². The Hall–Kier alpha value is -2.60. The lowest BCUT2D eigenvalue weighted by molar-refractivity contribution is -0.131. The number of rotatable bonds is 4. The highest BCUT2D eigenvalue weighted by Gasteiger charge is 2.26. The van der Waals surface area contributed by atoms with Gasteiger partial charge in [0.25, 0.3) is 0 Å². The fraction of sp³-hybridized carbons (Fsp3) is 0.286. The van der Waals surface area contributed by atoms with Crippen molar-refractivity contribution in [2.24, 2.45) is 7.05 Å². The van der Waals surface area contributed by atoms with Gasteiger partial charge in [0.05, 0.1) is 5.25 Å². The molecule has 6 heteroatoms. The van der Waals surface area contributed by atoms with Crippen LogP contribution in [0.2, 0.25) is 0 Å². The van der Waals surface area contributed by atoms with Crippen molar-refractivity contribution in [3.63, 3.8) is 0 Å². The van der Waals surface area contributed by atoms with Crippen LogP contribution in [0.5, 0.6) is 0 Å². The summed E-state index contributed by atoms with van der Waals surface area (Å²) in [7, 11) is 1.94. The minimum atomic E-state index is -0.207. The number of hydrogen-bond acceptors (Lipinski definition) is 4. The van der Waals surface area contributed by atoms with Crippen molar-refractivity contribution >= 4 is 17.7 Å². The van der Waals surface area contributed by atoms with Gasteiger partial charge < -0.3 is 9.47 Å². The predicted octanol–water partition coefficient (Wildman–Crippen LogP) is 3.55. The average molecular weight is 379 g/mol. The summed E-state index contributed by atoms with van der Waals surface area (Å²) in [5.74, 6) is 0.961. The molecule has 4 rings (SSSR count). The maximum absolute atomic E-state index is 12.9. The quantitative estimate of drug-likeness (QED) is 0.652. The van der Waals surface area contributed by atoms with Gasteiger partial charge in [-0.1, -0.05) is 66.4 Å². The summed E-state index contributed by atoms with van der Waals surface area (Å²) >= 11 is 1.47. The van der Waals surface area contributed by atoms with Crippen LogP contribution in [0.3, 0.4) is 0 Å². The zero-order valence-corrected chi connectivity index (χ0v) is 16.3. The number of benzene rings is 2. The second-order valence-electron chi connectivity index (χ2n) is 6.77. The summed E-state index contributed by atoms with van der Waals surface area (Å²) in [6.07, 6.45) is 0.918. The zero-order chi connectivity index (χ0) is 18.8. The third-order valence-electron chi connectivity index (χ3n) is 4.94. The van der Waals surface area contributed by atoms with Crippen LogP contribution < -0.4 is 0 Å². The maximum atomic E-state index is 12.9. The molecule has 0 saturated heterocycles. The van der Waals surface area contributed by atoms with Crippen LogP contribution in [0.4, 0.5) is 0 Å². The Kier molecular flexibility index (Phi) is 4.99. The molecule has 138 valence electrons. The molecular weight excluding hydrogens is 356 g/mol. The SMILES string of the molecule is C[C@@H](Sc1nnc(-c2ccccc2)n1C)C(=O)N1CCc2ccccc2C1. The highest BCUT2D eigenvalue weighted by molar-refractivity contribution is 8.00. The van der Waals surface area contributed by atoms with E-state index in [0.29, 0.717) is 6.54 Å². The molecule has 3 aromatic rings. The van der Waals surface area contributed by atoms with E-state index in [1.54, 1.807) is 0 Å². The fourth-order valence-electron chi connectivity index (χ4n) is 3.41. The van der Waals surface area contributed by atoms with Crippen molar-refractivity contribution in [2.75, 3.05) is 6.54 Å². The molecule has 1 aliphatic rings. The number of aromatic nitrogens is 3. The van der Waals surface area contributed by atoms with Gasteiger partial charge in [-0.05, 0) is 24.5 Å². The summed E-state index contributed by atoms with van der Waals surface area (Å²) in [5.41, 5.74) is 3.62. The van der Waals surface area contributed by atoms with E-state index in [2.05, 4.69) is 28.4 Å². The molecule has 1 aliphatic heterocycles. The van der Waals surface area contributed by atoms with E-state index in [1.807, 2.05) is 59.8 Å². The number of thioether (sulfide) groups is 1.